The van der Waals surface area contributed by atoms with Gasteiger partial charge in [-0.1, -0.05) is 32.9 Å². The topological polar surface area (TPSA) is 101 Å². The molecule has 0 unspecified atom stereocenters. The number of rotatable bonds is 6. The zero-order chi connectivity index (χ0) is 18.1. The first-order chi connectivity index (χ1) is 11.0. The predicted octanol–water partition coefficient (Wildman–Crippen LogP) is 1.59. The summed E-state index contributed by atoms with van der Waals surface area (Å²) in [5, 5.41) is 11.3. The highest BCUT2D eigenvalue weighted by atomic mass is 32.2. The minimum absolute atomic E-state index is 0.0228. The number of aliphatic carboxylic acids is 1. The first kappa shape index (κ1) is 18.4. The minimum Gasteiger partial charge on any atom is -0.481 e. The van der Waals surface area contributed by atoms with Gasteiger partial charge in [-0.15, -0.1) is 0 Å². The molecule has 0 bridgehead atoms. The van der Waals surface area contributed by atoms with Gasteiger partial charge in [-0.05, 0) is 29.5 Å². The Kier molecular flexibility index (Phi) is 5.03. The molecule has 2 atom stereocenters. The number of carbonyl (C=O) groups excluding carboxylic acids is 1. The van der Waals surface area contributed by atoms with E-state index in [9.17, 15) is 18.0 Å². The molecule has 0 saturated heterocycles. The van der Waals surface area contributed by atoms with E-state index < -0.39 is 27.6 Å². The van der Waals surface area contributed by atoms with Crippen molar-refractivity contribution < 1.29 is 23.1 Å². The molecule has 1 saturated carbocycles. The van der Waals surface area contributed by atoms with E-state index in [0.717, 1.165) is 5.56 Å². The zero-order valence-electron chi connectivity index (χ0n) is 14.1. The number of hydrogen-bond donors (Lipinski definition) is 2. The van der Waals surface area contributed by atoms with Crippen molar-refractivity contribution in [1.82, 2.24) is 5.32 Å². The van der Waals surface area contributed by atoms with Crippen molar-refractivity contribution in [3.63, 3.8) is 0 Å². The van der Waals surface area contributed by atoms with Gasteiger partial charge in [0.2, 0.25) is 5.91 Å². The van der Waals surface area contributed by atoms with Crippen LogP contribution in [0, 0.1) is 11.8 Å². The van der Waals surface area contributed by atoms with Gasteiger partial charge in [0.25, 0.3) is 0 Å². The number of amides is 1. The molecule has 1 fully saturated rings. The van der Waals surface area contributed by atoms with Crippen LogP contribution in [-0.4, -0.2) is 37.7 Å². The Labute approximate surface area is 142 Å². The molecule has 0 aromatic heterocycles. The van der Waals surface area contributed by atoms with Crippen LogP contribution in [0.2, 0.25) is 0 Å². The van der Waals surface area contributed by atoms with Crippen molar-refractivity contribution >= 4 is 21.7 Å². The number of sulfone groups is 1. The summed E-state index contributed by atoms with van der Waals surface area (Å²) in [5.74, 6) is -2.75. The fourth-order valence-electron chi connectivity index (χ4n) is 2.48. The molecule has 1 aromatic carbocycles. The van der Waals surface area contributed by atoms with E-state index in [-0.39, 0.29) is 28.5 Å². The van der Waals surface area contributed by atoms with Crippen molar-refractivity contribution in [2.45, 2.75) is 37.5 Å². The van der Waals surface area contributed by atoms with Gasteiger partial charge in [-0.2, -0.15) is 0 Å². The van der Waals surface area contributed by atoms with Gasteiger partial charge in [0.15, 0.2) is 9.84 Å². The first-order valence-corrected chi connectivity index (χ1v) is 9.51. The Hall–Kier alpha value is -1.89. The Morgan fingerprint density at radius 1 is 1.17 bits per heavy atom. The quantitative estimate of drug-likeness (QED) is 0.809. The summed E-state index contributed by atoms with van der Waals surface area (Å²) in [7, 11) is -3.48. The number of nitrogens with one attached hydrogen (secondary N) is 1. The third-order valence-corrected chi connectivity index (χ3v) is 5.93. The van der Waals surface area contributed by atoms with Crippen LogP contribution in [0.1, 0.15) is 32.8 Å². The molecule has 0 heterocycles. The fraction of sp³-hybridized carbons (Fsp3) is 0.529. The number of carboxylic acids is 1. The van der Waals surface area contributed by atoms with E-state index >= 15 is 0 Å². The van der Waals surface area contributed by atoms with Crippen LogP contribution in [0.25, 0.3) is 0 Å². The molecule has 6 nitrogen and oxygen atoms in total. The lowest BCUT2D eigenvalue weighted by Gasteiger charge is -2.19. The number of carbonyl (C=O) groups is 2. The second kappa shape index (κ2) is 6.55. The van der Waals surface area contributed by atoms with Gasteiger partial charge in [0, 0.05) is 6.54 Å². The molecule has 24 heavy (non-hydrogen) atoms. The van der Waals surface area contributed by atoms with Crippen LogP contribution in [-0.2, 0) is 24.8 Å². The summed E-state index contributed by atoms with van der Waals surface area (Å²) < 4.78 is 24.6. The minimum atomic E-state index is -3.48. The summed E-state index contributed by atoms with van der Waals surface area (Å²) in [6, 6.07) is 6.76. The van der Waals surface area contributed by atoms with Crippen LogP contribution < -0.4 is 5.32 Å². The van der Waals surface area contributed by atoms with Gasteiger partial charge >= 0.3 is 5.97 Å². The molecule has 1 amide bonds. The molecule has 1 aromatic rings. The van der Waals surface area contributed by atoms with Gasteiger partial charge in [0.1, 0.15) is 0 Å². The molecular weight excluding hydrogens is 330 g/mol. The molecule has 132 valence electrons. The summed E-state index contributed by atoms with van der Waals surface area (Å²) in [6.07, 6.45) is 0.322. The first-order valence-electron chi connectivity index (χ1n) is 7.86. The Bertz CT molecular complexity index is 731. The molecule has 2 rings (SSSR count). The summed E-state index contributed by atoms with van der Waals surface area (Å²) in [4.78, 5) is 22.7. The molecular formula is C17H23NO5S. The van der Waals surface area contributed by atoms with Gasteiger partial charge in [-0.25, -0.2) is 8.42 Å². The van der Waals surface area contributed by atoms with E-state index in [4.69, 9.17) is 5.11 Å². The van der Waals surface area contributed by atoms with Crippen molar-refractivity contribution in [2.24, 2.45) is 11.8 Å². The summed E-state index contributed by atoms with van der Waals surface area (Å²) in [5.41, 5.74) is 0.990. The molecule has 0 aliphatic heterocycles. The van der Waals surface area contributed by atoms with Crippen molar-refractivity contribution in [3.8, 4) is 0 Å². The molecule has 7 heteroatoms. The predicted molar refractivity (Wildman–Crippen MR) is 89.4 cm³/mol. The number of carboxylic acid groups (broad SMARTS) is 1. The lowest BCUT2D eigenvalue weighted by Crippen LogP contribution is -2.31. The highest BCUT2D eigenvalue weighted by molar-refractivity contribution is 7.91. The van der Waals surface area contributed by atoms with Crippen LogP contribution in [0.3, 0.4) is 0 Å². The largest absolute Gasteiger partial charge is 0.481 e. The molecule has 0 radical (unpaired) electrons. The summed E-state index contributed by atoms with van der Waals surface area (Å²) in [6.45, 7) is 6.13. The van der Waals surface area contributed by atoms with Crippen molar-refractivity contribution in [3.05, 3.63) is 29.8 Å². The van der Waals surface area contributed by atoms with E-state index in [1.54, 1.807) is 24.3 Å². The van der Waals surface area contributed by atoms with Crippen LogP contribution in [0.15, 0.2) is 29.2 Å². The van der Waals surface area contributed by atoms with Gasteiger partial charge < -0.3 is 10.4 Å². The average Bonchev–Trinajstić information content (AvgIpc) is 3.27. The van der Waals surface area contributed by atoms with Crippen LogP contribution in [0.4, 0.5) is 0 Å². The second-order valence-electron chi connectivity index (χ2n) is 7.17. The highest BCUT2D eigenvalue weighted by Crippen LogP contribution is 2.38. The Morgan fingerprint density at radius 2 is 1.75 bits per heavy atom. The zero-order valence-corrected chi connectivity index (χ0v) is 14.9. The third kappa shape index (κ3) is 4.35. The fourth-order valence-corrected chi connectivity index (χ4v) is 3.63. The normalized spacial score (nSPS) is 20.5. The van der Waals surface area contributed by atoms with Crippen molar-refractivity contribution in [2.75, 3.05) is 12.3 Å². The molecule has 1 aliphatic carbocycles. The van der Waals surface area contributed by atoms with Crippen molar-refractivity contribution in [1.29, 1.82) is 0 Å². The molecule has 0 spiro atoms. The number of hydrogen-bond acceptors (Lipinski definition) is 4. The van der Waals surface area contributed by atoms with E-state index in [2.05, 4.69) is 5.32 Å². The van der Waals surface area contributed by atoms with Gasteiger partial charge in [-0.3, -0.25) is 9.59 Å². The number of benzene rings is 1. The maximum Gasteiger partial charge on any atom is 0.307 e. The van der Waals surface area contributed by atoms with E-state index in [0.29, 0.717) is 6.42 Å². The Morgan fingerprint density at radius 3 is 2.21 bits per heavy atom. The summed E-state index contributed by atoms with van der Waals surface area (Å²) >= 11 is 0. The molecule has 2 N–H and O–H groups in total. The van der Waals surface area contributed by atoms with Gasteiger partial charge in [0.05, 0.1) is 22.5 Å². The SMILES string of the molecule is CC(C)(C)c1ccc(S(=O)(=O)CCNC(=O)[C@H]2C[C@@H]2C(=O)O)cc1. The third-order valence-electron chi connectivity index (χ3n) is 4.19. The lowest BCUT2D eigenvalue weighted by molar-refractivity contribution is -0.140. The Balaban J connectivity index is 1.90. The van der Waals surface area contributed by atoms with Crippen LogP contribution in [0.5, 0.6) is 0 Å². The maximum atomic E-state index is 12.3. The smallest absolute Gasteiger partial charge is 0.307 e. The average molecular weight is 353 g/mol. The van der Waals surface area contributed by atoms with E-state index in [1.165, 1.54) is 0 Å². The lowest BCUT2D eigenvalue weighted by atomic mass is 9.87. The standard InChI is InChI=1S/C17H23NO5S/c1-17(2,3)11-4-6-12(7-5-11)24(22,23)9-8-18-15(19)13-10-14(13)16(20)21/h4-7,13-14H,8-10H2,1-3H3,(H,18,19)(H,20,21)/t13-,14-/m0/s1. The van der Waals surface area contributed by atoms with E-state index in [1.807, 2.05) is 20.8 Å². The second-order valence-corrected chi connectivity index (χ2v) is 9.28. The molecule has 1 aliphatic rings. The maximum absolute atomic E-state index is 12.3. The highest BCUT2D eigenvalue weighted by Gasteiger charge is 2.48. The van der Waals surface area contributed by atoms with Crippen LogP contribution >= 0.6 is 0 Å². The monoisotopic (exact) mass is 353 g/mol.